The third-order valence-electron chi connectivity index (χ3n) is 2.83. The maximum Gasteiger partial charge on any atom is 0.360 e. The highest BCUT2D eigenvalue weighted by molar-refractivity contribution is 5.87. The summed E-state index contributed by atoms with van der Waals surface area (Å²) in [6.07, 6.45) is 3.63. The summed E-state index contributed by atoms with van der Waals surface area (Å²) in [5, 5.41) is 3.66. The molecule has 19 heavy (non-hydrogen) atoms. The van der Waals surface area contributed by atoms with Gasteiger partial charge in [0.05, 0.1) is 13.2 Å². The van der Waals surface area contributed by atoms with E-state index in [1.165, 1.54) is 0 Å². The van der Waals surface area contributed by atoms with Gasteiger partial charge in [0.1, 0.15) is 5.76 Å². The largest absolute Gasteiger partial charge is 0.461 e. The molecule has 1 fully saturated rings. The normalized spacial score (nSPS) is 19.3. The Morgan fingerprint density at radius 2 is 2.42 bits per heavy atom. The predicted octanol–water partition coefficient (Wildman–Crippen LogP) is 1.94. The molecule has 1 unspecified atom stereocenters. The molecular weight excluding hydrogens is 250 g/mol. The zero-order chi connectivity index (χ0) is 13.5. The van der Waals surface area contributed by atoms with E-state index in [1.54, 1.807) is 13.0 Å². The van der Waals surface area contributed by atoms with Crippen molar-refractivity contribution >= 4 is 5.97 Å². The van der Waals surface area contributed by atoms with E-state index < -0.39 is 5.97 Å². The molecule has 0 amide bonds. The number of esters is 1. The minimum atomic E-state index is -0.464. The second kappa shape index (κ2) is 7.25. The summed E-state index contributed by atoms with van der Waals surface area (Å²) >= 11 is 0. The number of rotatable bonds is 6. The quantitative estimate of drug-likeness (QED) is 0.735. The standard InChI is InChI=1S/C13H19NO5/c1-2-16-13(15)11-9-10(19-14-11)6-8-18-12-5-3-4-7-17-12/h9,12H,2-8H2,1H3. The Hall–Kier alpha value is -1.40. The van der Waals surface area contributed by atoms with Gasteiger partial charge in [0.25, 0.3) is 0 Å². The van der Waals surface area contributed by atoms with Crippen LogP contribution < -0.4 is 0 Å². The molecule has 1 aromatic rings. The van der Waals surface area contributed by atoms with Gasteiger partial charge in [-0.2, -0.15) is 0 Å². The molecule has 0 aromatic carbocycles. The zero-order valence-electron chi connectivity index (χ0n) is 11.1. The Morgan fingerprint density at radius 3 is 3.16 bits per heavy atom. The first-order valence-corrected chi connectivity index (χ1v) is 6.65. The smallest absolute Gasteiger partial charge is 0.360 e. The van der Waals surface area contributed by atoms with Crippen molar-refractivity contribution < 1.29 is 23.5 Å². The Labute approximate surface area is 112 Å². The fourth-order valence-corrected chi connectivity index (χ4v) is 1.87. The minimum Gasteiger partial charge on any atom is -0.461 e. The number of carbonyl (C=O) groups excluding carboxylic acids is 1. The molecule has 1 atom stereocenters. The molecule has 0 saturated carbocycles. The summed E-state index contributed by atoms with van der Waals surface area (Å²) in [6.45, 7) is 3.32. The maximum absolute atomic E-state index is 11.4. The third kappa shape index (κ3) is 4.33. The van der Waals surface area contributed by atoms with E-state index in [0.29, 0.717) is 25.4 Å². The van der Waals surface area contributed by atoms with Crippen molar-refractivity contribution in [3.05, 3.63) is 17.5 Å². The number of aromatic nitrogens is 1. The van der Waals surface area contributed by atoms with Crippen molar-refractivity contribution in [2.45, 2.75) is 38.9 Å². The molecule has 2 rings (SSSR count). The molecule has 0 bridgehead atoms. The Bertz CT molecular complexity index is 397. The van der Waals surface area contributed by atoms with Gasteiger partial charge in [-0.1, -0.05) is 5.16 Å². The van der Waals surface area contributed by atoms with Gasteiger partial charge in [-0.25, -0.2) is 4.79 Å². The molecule has 0 aliphatic carbocycles. The third-order valence-corrected chi connectivity index (χ3v) is 2.83. The second-order valence-electron chi connectivity index (χ2n) is 4.32. The van der Waals surface area contributed by atoms with Crippen molar-refractivity contribution in [2.75, 3.05) is 19.8 Å². The fourth-order valence-electron chi connectivity index (χ4n) is 1.87. The average molecular weight is 269 g/mol. The van der Waals surface area contributed by atoms with Crippen molar-refractivity contribution in [3.63, 3.8) is 0 Å². The maximum atomic E-state index is 11.4. The average Bonchev–Trinajstić information content (AvgIpc) is 2.89. The highest BCUT2D eigenvalue weighted by Gasteiger charge is 2.16. The predicted molar refractivity (Wildman–Crippen MR) is 65.7 cm³/mol. The molecule has 1 aliphatic rings. The van der Waals surface area contributed by atoms with Gasteiger partial charge in [0.15, 0.2) is 12.0 Å². The first-order chi connectivity index (χ1) is 9.29. The zero-order valence-corrected chi connectivity index (χ0v) is 11.1. The van der Waals surface area contributed by atoms with Crippen LogP contribution in [0.15, 0.2) is 10.6 Å². The Kier molecular flexibility index (Phi) is 5.35. The first-order valence-electron chi connectivity index (χ1n) is 6.65. The van der Waals surface area contributed by atoms with Gasteiger partial charge in [-0.3, -0.25) is 0 Å². The highest BCUT2D eigenvalue weighted by Crippen LogP contribution is 2.14. The van der Waals surface area contributed by atoms with Gasteiger partial charge in [0.2, 0.25) is 0 Å². The number of nitrogens with zero attached hydrogens (tertiary/aromatic N) is 1. The van der Waals surface area contributed by atoms with Gasteiger partial charge < -0.3 is 18.7 Å². The molecule has 106 valence electrons. The van der Waals surface area contributed by atoms with Crippen molar-refractivity contribution in [1.29, 1.82) is 0 Å². The lowest BCUT2D eigenvalue weighted by molar-refractivity contribution is -0.162. The molecule has 6 nitrogen and oxygen atoms in total. The lowest BCUT2D eigenvalue weighted by Crippen LogP contribution is -2.23. The Morgan fingerprint density at radius 1 is 1.53 bits per heavy atom. The van der Waals surface area contributed by atoms with Crippen molar-refractivity contribution in [1.82, 2.24) is 5.16 Å². The molecule has 6 heteroatoms. The van der Waals surface area contributed by atoms with Crippen LogP contribution in [0.5, 0.6) is 0 Å². The van der Waals surface area contributed by atoms with Crippen LogP contribution in [0.3, 0.4) is 0 Å². The molecule has 0 radical (unpaired) electrons. The van der Waals surface area contributed by atoms with E-state index >= 15 is 0 Å². The van der Waals surface area contributed by atoms with E-state index in [9.17, 15) is 4.79 Å². The van der Waals surface area contributed by atoms with E-state index in [4.69, 9.17) is 18.7 Å². The van der Waals surface area contributed by atoms with Crippen LogP contribution in [0.1, 0.15) is 42.4 Å². The number of hydrogen-bond acceptors (Lipinski definition) is 6. The van der Waals surface area contributed by atoms with Crippen LogP contribution in [-0.4, -0.2) is 37.2 Å². The molecule has 0 spiro atoms. The molecule has 1 aromatic heterocycles. The molecular formula is C13H19NO5. The second-order valence-corrected chi connectivity index (χ2v) is 4.32. The van der Waals surface area contributed by atoms with Crippen molar-refractivity contribution in [2.24, 2.45) is 0 Å². The number of carbonyl (C=O) groups is 1. The monoisotopic (exact) mass is 269 g/mol. The van der Waals surface area contributed by atoms with Crippen LogP contribution in [0.25, 0.3) is 0 Å². The number of ether oxygens (including phenoxy) is 3. The van der Waals surface area contributed by atoms with Crippen LogP contribution in [-0.2, 0) is 20.6 Å². The van der Waals surface area contributed by atoms with E-state index in [0.717, 1.165) is 25.9 Å². The van der Waals surface area contributed by atoms with Crippen LogP contribution in [0, 0.1) is 0 Å². The highest BCUT2D eigenvalue weighted by atomic mass is 16.7. The van der Waals surface area contributed by atoms with E-state index in [-0.39, 0.29) is 12.0 Å². The lowest BCUT2D eigenvalue weighted by Gasteiger charge is -2.22. The van der Waals surface area contributed by atoms with E-state index in [1.807, 2.05) is 0 Å². The van der Waals surface area contributed by atoms with Crippen LogP contribution >= 0.6 is 0 Å². The van der Waals surface area contributed by atoms with Gasteiger partial charge >= 0.3 is 5.97 Å². The van der Waals surface area contributed by atoms with Crippen LogP contribution in [0.4, 0.5) is 0 Å². The summed E-state index contributed by atoms with van der Waals surface area (Å²) in [5.74, 6) is 0.146. The molecule has 2 heterocycles. The Balaban J connectivity index is 1.72. The van der Waals surface area contributed by atoms with Gasteiger partial charge in [-0.15, -0.1) is 0 Å². The number of hydrogen-bond donors (Lipinski definition) is 0. The minimum absolute atomic E-state index is 0.110. The van der Waals surface area contributed by atoms with E-state index in [2.05, 4.69) is 5.16 Å². The molecule has 1 aliphatic heterocycles. The fraction of sp³-hybridized carbons (Fsp3) is 0.692. The lowest BCUT2D eigenvalue weighted by atomic mass is 10.2. The SMILES string of the molecule is CCOC(=O)c1cc(CCOC2CCCCO2)on1. The summed E-state index contributed by atoms with van der Waals surface area (Å²) in [7, 11) is 0. The van der Waals surface area contributed by atoms with Gasteiger partial charge in [-0.05, 0) is 26.2 Å². The summed E-state index contributed by atoms with van der Waals surface area (Å²) < 4.78 is 20.9. The summed E-state index contributed by atoms with van der Waals surface area (Å²) in [4.78, 5) is 11.4. The topological polar surface area (TPSA) is 70.8 Å². The first kappa shape index (κ1) is 14.0. The summed E-state index contributed by atoms with van der Waals surface area (Å²) in [5.41, 5.74) is 0.200. The van der Waals surface area contributed by atoms with Crippen LogP contribution in [0.2, 0.25) is 0 Å². The van der Waals surface area contributed by atoms with Crippen molar-refractivity contribution in [3.8, 4) is 0 Å². The summed E-state index contributed by atoms with van der Waals surface area (Å²) in [6, 6.07) is 1.59. The molecule has 1 saturated heterocycles. The van der Waals surface area contributed by atoms with Gasteiger partial charge in [0, 0.05) is 19.1 Å². The molecule has 0 N–H and O–H groups in total.